The Morgan fingerprint density at radius 3 is 3.04 bits per heavy atom. The fraction of sp³-hybridized carbons (Fsp3) is 0.611. The van der Waals surface area contributed by atoms with Crippen molar-refractivity contribution in [2.24, 2.45) is 5.92 Å². The number of nitrogens with zero attached hydrogens (tertiary/aromatic N) is 1. The predicted octanol–water partition coefficient (Wildman–Crippen LogP) is 3.27. The van der Waals surface area contributed by atoms with E-state index in [9.17, 15) is 4.79 Å². The van der Waals surface area contributed by atoms with Crippen LogP contribution in [0.3, 0.4) is 0 Å². The van der Waals surface area contributed by atoms with Gasteiger partial charge in [-0.25, -0.2) is 0 Å². The zero-order valence-electron chi connectivity index (χ0n) is 14.1. The number of para-hydroxylation sites is 1. The Morgan fingerprint density at radius 1 is 1.48 bits per heavy atom. The summed E-state index contributed by atoms with van der Waals surface area (Å²) in [6, 6.07) is 5.67. The van der Waals surface area contributed by atoms with Gasteiger partial charge in [0.15, 0.2) is 0 Å². The molecule has 128 valence electrons. The molecule has 1 saturated heterocycles. The van der Waals surface area contributed by atoms with E-state index < -0.39 is 0 Å². The highest BCUT2D eigenvalue weighted by Gasteiger charge is 2.17. The van der Waals surface area contributed by atoms with Crippen LogP contribution in [0.15, 0.2) is 18.2 Å². The Hall–Kier alpha value is -1.26. The molecule has 4 nitrogen and oxygen atoms in total. The number of carbonyl (C=O) groups excluding carboxylic acids is 1. The Labute approximate surface area is 144 Å². The quantitative estimate of drug-likeness (QED) is 0.776. The highest BCUT2D eigenvalue weighted by Crippen LogP contribution is 2.27. The van der Waals surface area contributed by atoms with E-state index in [2.05, 4.69) is 17.3 Å². The molecule has 0 unspecified atom stereocenters. The summed E-state index contributed by atoms with van der Waals surface area (Å²) in [4.78, 5) is 14.3. The van der Waals surface area contributed by atoms with Crippen molar-refractivity contribution in [2.75, 3.05) is 33.3 Å². The maximum Gasteiger partial charge on any atom is 0.220 e. The van der Waals surface area contributed by atoms with E-state index in [0.717, 1.165) is 18.5 Å². The number of ether oxygens (including phenoxy) is 1. The molecule has 0 radical (unpaired) electrons. The van der Waals surface area contributed by atoms with Crippen molar-refractivity contribution in [3.63, 3.8) is 0 Å². The van der Waals surface area contributed by atoms with Crippen LogP contribution in [-0.2, 0) is 4.79 Å². The molecule has 1 aliphatic rings. The highest BCUT2D eigenvalue weighted by molar-refractivity contribution is 6.32. The summed E-state index contributed by atoms with van der Waals surface area (Å²) in [6.07, 6.45) is 4.06. The van der Waals surface area contributed by atoms with Gasteiger partial charge < -0.3 is 15.0 Å². The van der Waals surface area contributed by atoms with E-state index in [0.29, 0.717) is 36.3 Å². The number of piperidine rings is 1. The van der Waals surface area contributed by atoms with Gasteiger partial charge in [-0.1, -0.05) is 23.7 Å². The molecule has 1 N–H and O–H groups in total. The Balaban J connectivity index is 1.61. The summed E-state index contributed by atoms with van der Waals surface area (Å²) in [7, 11) is 2.15. The molecule has 0 aliphatic carbocycles. The molecule has 5 heteroatoms. The second-order valence-corrected chi connectivity index (χ2v) is 6.80. The third-order valence-corrected chi connectivity index (χ3v) is 4.63. The molecule has 1 aromatic rings. The van der Waals surface area contributed by atoms with Crippen molar-refractivity contribution >= 4 is 17.5 Å². The molecule has 2 rings (SSSR count). The fourth-order valence-electron chi connectivity index (χ4n) is 3.08. The average Bonchev–Trinajstić information content (AvgIpc) is 2.52. The molecule has 1 amide bonds. The Kier molecular flexibility index (Phi) is 7.18. The Morgan fingerprint density at radius 2 is 2.30 bits per heavy atom. The lowest BCUT2D eigenvalue weighted by atomic mass is 9.93. The summed E-state index contributed by atoms with van der Waals surface area (Å²) < 4.78 is 5.67. The van der Waals surface area contributed by atoms with Crippen molar-refractivity contribution in [1.29, 1.82) is 0 Å². The van der Waals surface area contributed by atoms with E-state index in [4.69, 9.17) is 16.3 Å². The Bertz CT molecular complexity index is 501. The molecule has 1 aliphatic heterocycles. The van der Waals surface area contributed by atoms with Crippen LogP contribution in [0.25, 0.3) is 0 Å². The van der Waals surface area contributed by atoms with Crippen LogP contribution in [0.4, 0.5) is 0 Å². The van der Waals surface area contributed by atoms with Gasteiger partial charge in [-0.3, -0.25) is 4.79 Å². The van der Waals surface area contributed by atoms with Crippen LogP contribution < -0.4 is 10.1 Å². The van der Waals surface area contributed by atoms with Gasteiger partial charge in [0.25, 0.3) is 0 Å². The highest BCUT2D eigenvalue weighted by atomic mass is 35.5. The van der Waals surface area contributed by atoms with Crippen LogP contribution in [0, 0.1) is 12.8 Å². The topological polar surface area (TPSA) is 41.6 Å². The molecular formula is C18H27ClN2O2. The minimum Gasteiger partial charge on any atom is -0.490 e. The maximum atomic E-state index is 11.9. The van der Waals surface area contributed by atoms with Gasteiger partial charge in [-0.05, 0) is 57.3 Å². The van der Waals surface area contributed by atoms with E-state index >= 15 is 0 Å². The molecule has 0 aromatic heterocycles. The maximum absolute atomic E-state index is 11.9. The molecule has 0 saturated carbocycles. The van der Waals surface area contributed by atoms with E-state index in [1.54, 1.807) is 0 Å². The molecular weight excluding hydrogens is 312 g/mol. The van der Waals surface area contributed by atoms with Crippen molar-refractivity contribution in [2.45, 2.75) is 32.6 Å². The molecule has 0 bridgehead atoms. The number of amides is 1. The number of rotatable bonds is 7. The minimum atomic E-state index is 0.109. The van der Waals surface area contributed by atoms with Gasteiger partial charge in [0.05, 0.1) is 11.6 Å². The first-order chi connectivity index (χ1) is 11.1. The molecule has 1 heterocycles. The predicted molar refractivity (Wildman–Crippen MR) is 94.1 cm³/mol. The van der Waals surface area contributed by atoms with Crippen LogP contribution in [0.5, 0.6) is 5.75 Å². The van der Waals surface area contributed by atoms with Crippen LogP contribution >= 0.6 is 11.6 Å². The lowest BCUT2D eigenvalue weighted by molar-refractivity contribution is -0.121. The van der Waals surface area contributed by atoms with E-state index in [1.165, 1.54) is 19.4 Å². The average molecular weight is 339 g/mol. The van der Waals surface area contributed by atoms with Gasteiger partial charge in [-0.15, -0.1) is 0 Å². The number of nitrogens with one attached hydrogen (secondary N) is 1. The monoisotopic (exact) mass is 338 g/mol. The van der Waals surface area contributed by atoms with Crippen molar-refractivity contribution in [3.05, 3.63) is 28.8 Å². The normalized spacial score (nSPS) is 18.7. The summed E-state index contributed by atoms with van der Waals surface area (Å²) in [5.74, 6) is 1.47. The third kappa shape index (κ3) is 6.04. The van der Waals surface area contributed by atoms with Crippen molar-refractivity contribution in [1.82, 2.24) is 10.2 Å². The van der Waals surface area contributed by atoms with Gasteiger partial charge in [0.2, 0.25) is 5.91 Å². The first-order valence-corrected chi connectivity index (χ1v) is 8.77. The standard InChI is InChI=1S/C18H27ClN2O2/c1-14-5-3-7-16(19)18(14)23-12-10-20-17(22)9-8-15-6-4-11-21(2)13-15/h3,5,7,15H,4,6,8-13H2,1-2H3,(H,20,22)/t15-/m0/s1. The van der Waals surface area contributed by atoms with Gasteiger partial charge in [0.1, 0.15) is 12.4 Å². The molecule has 1 atom stereocenters. The second-order valence-electron chi connectivity index (χ2n) is 6.39. The number of aryl methyl sites for hydroxylation is 1. The second kappa shape index (κ2) is 9.14. The zero-order valence-corrected chi connectivity index (χ0v) is 14.9. The van der Waals surface area contributed by atoms with Gasteiger partial charge >= 0.3 is 0 Å². The fourth-order valence-corrected chi connectivity index (χ4v) is 3.35. The van der Waals surface area contributed by atoms with Gasteiger partial charge in [-0.2, -0.15) is 0 Å². The zero-order chi connectivity index (χ0) is 16.7. The molecule has 23 heavy (non-hydrogen) atoms. The number of hydrogen-bond acceptors (Lipinski definition) is 3. The molecule has 1 fully saturated rings. The lowest BCUT2D eigenvalue weighted by Crippen LogP contribution is -2.33. The number of benzene rings is 1. The van der Waals surface area contributed by atoms with Crippen molar-refractivity contribution < 1.29 is 9.53 Å². The summed E-state index contributed by atoms with van der Waals surface area (Å²) >= 11 is 6.10. The number of halogens is 1. The smallest absolute Gasteiger partial charge is 0.220 e. The first kappa shape index (κ1) is 18.1. The van der Waals surface area contributed by atoms with Crippen molar-refractivity contribution in [3.8, 4) is 5.75 Å². The number of likely N-dealkylation sites (tertiary alicyclic amines) is 1. The SMILES string of the molecule is Cc1cccc(Cl)c1OCCNC(=O)CC[C@@H]1CCCN(C)C1. The first-order valence-electron chi connectivity index (χ1n) is 8.39. The minimum absolute atomic E-state index is 0.109. The molecule has 1 aromatic carbocycles. The summed E-state index contributed by atoms with van der Waals surface area (Å²) in [5, 5.41) is 3.53. The van der Waals surface area contributed by atoms with E-state index in [1.807, 2.05) is 25.1 Å². The van der Waals surface area contributed by atoms with Crippen LogP contribution in [-0.4, -0.2) is 44.1 Å². The van der Waals surface area contributed by atoms with Gasteiger partial charge in [0, 0.05) is 13.0 Å². The summed E-state index contributed by atoms with van der Waals surface area (Å²) in [6.45, 7) is 5.20. The van der Waals surface area contributed by atoms with Crippen LogP contribution in [0.2, 0.25) is 5.02 Å². The number of hydrogen-bond donors (Lipinski definition) is 1. The third-order valence-electron chi connectivity index (χ3n) is 4.34. The lowest BCUT2D eigenvalue weighted by Gasteiger charge is -2.29. The molecule has 0 spiro atoms. The van der Waals surface area contributed by atoms with Crippen LogP contribution in [0.1, 0.15) is 31.2 Å². The number of carbonyl (C=O) groups is 1. The van der Waals surface area contributed by atoms with E-state index in [-0.39, 0.29) is 5.91 Å². The summed E-state index contributed by atoms with van der Waals surface area (Å²) in [5.41, 5.74) is 1.00. The largest absolute Gasteiger partial charge is 0.490 e.